The summed E-state index contributed by atoms with van der Waals surface area (Å²) >= 11 is 0. The van der Waals surface area contributed by atoms with Gasteiger partial charge in [0.1, 0.15) is 0 Å². The molecule has 2 amide bonds. The average Bonchev–Trinajstić information content (AvgIpc) is 3.06. The van der Waals surface area contributed by atoms with Gasteiger partial charge in [0.05, 0.1) is 18.8 Å². The first-order valence-electron chi connectivity index (χ1n) is 16.5. The van der Waals surface area contributed by atoms with Gasteiger partial charge in [0.2, 0.25) is 0 Å². The highest BCUT2D eigenvalue weighted by Gasteiger charge is 2.24. The molecule has 0 atom stereocenters. The third kappa shape index (κ3) is 9.16. The van der Waals surface area contributed by atoms with Gasteiger partial charge in [0, 0.05) is 56.2 Å². The van der Waals surface area contributed by atoms with Gasteiger partial charge < -0.3 is 20.3 Å². The smallest absolute Gasteiger partial charge is 0.255 e. The lowest BCUT2D eigenvalue weighted by atomic mass is 9.89. The summed E-state index contributed by atoms with van der Waals surface area (Å²) < 4.78 is 5.45. The number of morpholine rings is 1. The van der Waals surface area contributed by atoms with Gasteiger partial charge in [-0.1, -0.05) is 62.2 Å². The van der Waals surface area contributed by atoms with Gasteiger partial charge in [0.25, 0.3) is 11.8 Å². The summed E-state index contributed by atoms with van der Waals surface area (Å²) in [6.07, 6.45) is 7.86. The molecule has 0 saturated carbocycles. The zero-order valence-electron chi connectivity index (χ0n) is 26.2. The highest BCUT2D eigenvalue weighted by Crippen LogP contribution is 2.30. The number of unbranched alkanes of at least 4 members (excludes halogenated alkanes) is 2. The predicted molar refractivity (Wildman–Crippen MR) is 179 cm³/mol. The highest BCUT2D eigenvalue weighted by molar-refractivity contribution is 6.06. The van der Waals surface area contributed by atoms with Crippen LogP contribution in [-0.4, -0.2) is 69.2 Å². The molecule has 0 bridgehead atoms. The molecule has 0 aliphatic carbocycles. The normalized spacial score (nSPS) is 16.1. The molecular weight excluding hydrogens is 548 g/mol. The predicted octanol–water partition coefficient (Wildman–Crippen LogP) is 6.19. The van der Waals surface area contributed by atoms with E-state index in [1.165, 1.54) is 24.0 Å². The molecule has 7 nitrogen and oxygen atoms in total. The SMILES string of the molecule is CCCCCc1ccc(C(=O)Nc2ccc(N3CCC(Cc4ccccc4)CC3)c(C(=O)NCCN3CCOCC3)c2)cc1. The van der Waals surface area contributed by atoms with Crippen molar-refractivity contribution >= 4 is 23.2 Å². The number of carbonyl (C=O) groups is 2. The van der Waals surface area contributed by atoms with E-state index in [2.05, 4.69) is 57.7 Å². The molecule has 0 unspecified atom stereocenters. The highest BCUT2D eigenvalue weighted by atomic mass is 16.5. The van der Waals surface area contributed by atoms with Crippen molar-refractivity contribution in [2.24, 2.45) is 5.92 Å². The van der Waals surface area contributed by atoms with E-state index in [0.29, 0.717) is 29.3 Å². The quantitative estimate of drug-likeness (QED) is 0.230. The van der Waals surface area contributed by atoms with Crippen LogP contribution in [0.5, 0.6) is 0 Å². The average molecular weight is 597 g/mol. The Morgan fingerprint density at radius 2 is 1.59 bits per heavy atom. The Bertz CT molecular complexity index is 1330. The summed E-state index contributed by atoms with van der Waals surface area (Å²) in [4.78, 5) is 31.4. The molecule has 234 valence electrons. The van der Waals surface area contributed by atoms with Gasteiger partial charge in [-0.15, -0.1) is 0 Å². The molecular formula is C37H48N4O3. The molecule has 0 aromatic heterocycles. The number of hydrogen-bond acceptors (Lipinski definition) is 5. The molecule has 3 aromatic rings. The van der Waals surface area contributed by atoms with Crippen molar-refractivity contribution in [3.05, 3.63) is 95.1 Å². The second-order valence-electron chi connectivity index (χ2n) is 12.2. The maximum Gasteiger partial charge on any atom is 0.255 e. The Morgan fingerprint density at radius 1 is 0.841 bits per heavy atom. The fraction of sp³-hybridized carbons (Fsp3) is 0.459. The first kappa shape index (κ1) is 31.7. The molecule has 7 heteroatoms. The van der Waals surface area contributed by atoms with E-state index >= 15 is 0 Å². The molecule has 2 heterocycles. The number of nitrogens with zero attached hydrogens (tertiary/aromatic N) is 2. The zero-order valence-corrected chi connectivity index (χ0v) is 26.2. The van der Waals surface area contributed by atoms with Crippen LogP contribution >= 0.6 is 0 Å². The number of carbonyl (C=O) groups excluding carboxylic acids is 2. The number of nitrogens with one attached hydrogen (secondary N) is 2. The fourth-order valence-corrected chi connectivity index (χ4v) is 6.25. The van der Waals surface area contributed by atoms with Crippen LogP contribution < -0.4 is 15.5 Å². The van der Waals surface area contributed by atoms with Crippen molar-refractivity contribution < 1.29 is 14.3 Å². The molecule has 3 aromatic carbocycles. The third-order valence-electron chi connectivity index (χ3n) is 8.92. The minimum Gasteiger partial charge on any atom is -0.379 e. The monoisotopic (exact) mass is 596 g/mol. The number of ether oxygens (including phenoxy) is 1. The van der Waals surface area contributed by atoms with Crippen LogP contribution in [0.3, 0.4) is 0 Å². The molecule has 0 radical (unpaired) electrons. The lowest BCUT2D eigenvalue weighted by Crippen LogP contribution is -2.41. The fourth-order valence-electron chi connectivity index (χ4n) is 6.25. The largest absolute Gasteiger partial charge is 0.379 e. The summed E-state index contributed by atoms with van der Waals surface area (Å²) in [6, 6.07) is 24.3. The maximum absolute atomic E-state index is 13.6. The van der Waals surface area contributed by atoms with Crippen LogP contribution in [0.25, 0.3) is 0 Å². The topological polar surface area (TPSA) is 73.9 Å². The van der Waals surface area contributed by atoms with Gasteiger partial charge in [-0.2, -0.15) is 0 Å². The van der Waals surface area contributed by atoms with E-state index in [-0.39, 0.29) is 11.8 Å². The van der Waals surface area contributed by atoms with Crippen LogP contribution in [-0.2, 0) is 17.6 Å². The molecule has 5 rings (SSSR count). The second-order valence-corrected chi connectivity index (χ2v) is 12.2. The van der Waals surface area contributed by atoms with Crippen LogP contribution in [0, 0.1) is 5.92 Å². The number of amides is 2. The zero-order chi connectivity index (χ0) is 30.6. The minimum absolute atomic E-state index is 0.104. The van der Waals surface area contributed by atoms with Crippen molar-refractivity contribution in [3.63, 3.8) is 0 Å². The standard InChI is InChI=1S/C37H48N4O3/c1-2-3-5-8-29-11-13-32(14-12-29)36(42)39-33-15-16-35(34(28-33)37(43)38-19-22-40-23-25-44-26-24-40)41-20-17-31(18-21-41)27-30-9-6-4-7-10-30/h4,6-7,9-16,28,31H,2-3,5,8,17-27H2,1H3,(H,38,43)(H,39,42). The summed E-state index contributed by atoms with van der Waals surface area (Å²) in [6.45, 7) is 8.63. The van der Waals surface area contributed by atoms with Crippen LogP contribution in [0.2, 0.25) is 0 Å². The third-order valence-corrected chi connectivity index (χ3v) is 8.92. The Labute approximate surface area is 263 Å². The van der Waals surface area contributed by atoms with Gasteiger partial charge in [-0.3, -0.25) is 14.5 Å². The van der Waals surface area contributed by atoms with Crippen molar-refractivity contribution in [2.75, 3.05) is 62.7 Å². The molecule has 0 spiro atoms. The van der Waals surface area contributed by atoms with Gasteiger partial charge >= 0.3 is 0 Å². The van der Waals surface area contributed by atoms with Crippen molar-refractivity contribution in [2.45, 2.75) is 51.9 Å². The summed E-state index contributed by atoms with van der Waals surface area (Å²) in [5.74, 6) is 0.363. The Hall–Kier alpha value is -3.68. The lowest BCUT2D eigenvalue weighted by molar-refractivity contribution is 0.0383. The van der Waals surface area contributed by atoms with Crippen molar-refractivity contribution in [1.29, 1.82) is 0 Å². The van der Waals surface area contributed by atoms with Crippen molar-refractivity contribution in [1.82, 2.24) is 10.2 Å². The molecule has 2 fully saturated rings. The van der Waals surface area contributed by atoms with Gasteiger partial charge in [-0.05, 0) is 79.5 Å². The first-order chi connectivity index (χ1) is 21.6. The molecule has 2 aliphatic heterocycles. The van der Waals surface area contributed by atoms with E-state index in [0.717, 1.165) is 83.7 Å². The van der Waals surface area contributed by atoms with E-state index < -0.39 is 0 Å². The Kier molecular flexibility index (Phi) is 11.8. The number of aryl methyl sites for hydroxylation is 1. The van der Waals surface area contributed by atoms with E-state index in [1.807, 2.05) is 42.5 Å². The Balaban J connectivity index is 1.25. The van der Waals surface area contributed by atoms with E-state index in [4.69, 9.17) is 4.74 Å². The number of hydrogen-bond donors (Lipinski definition) is 2. The van der Waals surface area contributed by atoms with E-state index in [1.54, 1.807) is 0 Å². The number of rotatable bonds is 13. The summed E-state index contributed by atoms with van der Waals surface area (Å²) in [7, 11) is 0. The molecule has 44 heavy (non-hydrogen) atoms. The van der Waals surface area contributed by atoms with Gasteiger partial charge in [-0.25, -0.2) is 0 Å². The summed E-state index contributed by atoms with van der Waals surface area (Å²) in [5.41, 5.74) is 5.42. The van der Waals surface area contributed by atoms with Crippen molar-refractivity contribution in [3.8, 4) is 0 Å². The molecule has 2 saturated heterocycles. The van der Waals surface area contributed by atoms with Crippen LogP contribution in [0.4, 0.5) is 11.4 Å². The molecule has 2 aliphatic rings. The lowest BCUT2D eigenvalue weighted by Gasteiger charge is -2.35. The minimum atomic E-state index is -0.168. The second kappa shape index (κ2) is 16.4. The number of piperidine rings is 1. The Morgan fingerprint density at radius 3 is 2.32 bits per heavy atom. The van der Waals surface area contributed by atoms with Crippen LogP contribution in [0.1, 0.15) is 70.9 Å². The number of anilines is 2. The van der Waals surface area contributed by atoms with Crippen LogP contribution in [0.15, 0.2) is 72.8 Å². The summed E-state index contributed by atoms with van der Waals surface area (Å²) in [5, 5.41) is 6.18. The van der Waals surface area contributed by atoms with Gasteiger partial charge in [0.15, 0.2) is 0 Å². The first-order valence-corrected chi connectivity index (χ1v) is 16.5. The number of benzene rings is 3. The molecule has 2 N–H and O–H groups in total. The van der Waals surface area contributed by atoms with E-state index in [9.17, 15) is 9.59 Å². The maximum atomic E-state index is 13.6.